The SMILES string of the molecule is CN1c2ccccc2C2(C(=O)O)OC1(C(=O)O)c1ccccc1N2C. The summed E-state index contributed by atoms with van der Waals surface area (Å²) in [5.41, 5.74) is -2.09. The van der Waals surface area contributed by atoms with Crippen molar-refractivity contribution in [2.24, 2.45) is 0 Å². The van der Waals surface area contributed by atoms with Gasteiger partial charge in [-0.1, -0.05) is 36.4 Å². The smallest absolute Gasteiger partial charge is 0.362 e. The van der Waals surface area contributed by atoms with Crippen LogP contribution >= 0.6 is 0 Å². The van der Waals surface area contributed by atoms with Crippen molar-refractivity contribution in [1.29, 1.82) is 0 Å². The summed E-state index contributed by atoms with van der Waals surface area (Å²) in [5.74, 6) is -2.54. The van der Waals surface area contributed by atoms with Crippen LogP contribution in [0, 0.1) is 0 Å². The van der Waals surface area contributed by atoms with E-state index in [0.717, 1.165) is 0 Å². The van der Waals surface area contributed by atoms with E-state index in [1.807, 2.05) is 0 Å². The predicted molar refractivity (Wildman–Crippen MR) is 89.4 cm³/mol. The number of rotatable bonds is 2. The molecule has 0 saturated carbocycles. The topological polar surface area (TPSA) is 90.3 Å². The van der Waals surface area contributed by atoms with Crippen molar-refractivity contribution in [1.82, 2.24) is 0 Å². The molecule has 2 atom stereocenters. The molecule has 0 aliphatic carbocycles. The second-order valence-electron chi connectivity index (χ2n) is 6.15. The molecule has 128 valence electrons. The molecule has 25 heavy (non-hydrogen) atoms. The average molecular weight is 340 g/mol. The molecule has 2 aliphatic heterocycles. The fraction of sp³-hybridized carbons (Fsp3) is 0.222. The second kappa shape index (κ2) is 4.73. The van der Waals surface area contributed by atoms with Gasteiger partial charge in [-0.25, -0.2) is 9.59 Å². The van der Waals surface area contributed by atoms with Gasteiger partial charge in [-0.2, -0.15) is 0 Å². The molecule has 2 bridgehead atoms. The molecule has 0 fully saturated rings. The van der Waals surface area contributed by atoms with Crippen LogP contribution in [0.2, 0.25) is 0 Å². The zero-order valence-corrected chi connectivity index (χ0v) is 13.6. The standard InChI is InChI=1S/C18H16N2O5/c1-19-13-9-5-3-7-11(13)18(16(23)24)20(2)14-10-6-4-8-12(14)17(19,25-18)15(21)22/h3-10H,1-2H3,(H,21,22)(H,23,24). The number of fused-ring (bicyclic) bond motifs is 6. The number of hydrogen-bond donors (Lipinski definition) is 2. The number of nitrogens with zero attached hydrogens (tertiary/aromatic N) is 2. The third-order valence-corrected chi connectivity index (χ3v) is 5.08. The third-order valence-electron chi connectivity index (χ3n) is 5.08. The maximum absolute atomic E-state index is 12.4. The molecule has 2 aliphatic rings. The largest absolute Gasteiger partial charge is 0.477 e. The van der Waals surface area contributed by atoms with Gasteiger partial charge in [0.2, 0.25) is 0 Å². The summed E-state index contributed by atoms with van der Waals surface area (Å²) in [5, 5.41) is 20.2. The third kappa shape index (κ3) is 1.58. The summed E-state index contributed by atoms with van der Waals surface area (Å²) >= 11 is 0. The molecule has 0 aromatic heterocycles. The van der Waals surface area contributed by atoms with Crippen LogP contribution in [-0.2, 0) is 25.8 Å². The Morgan fingerprint density at radius 2 is 1.16 bits per heavy atom. The first-order valence-corrected chi connectivity index (χ1v) is 7.71. The lowest BCUT2D eigenvalue weighted by molar-refractivity contribution is -0.218. The fourth-order valence-corrected chi connectivity index (χ4v) is 3.87. The Morgan fingerprint density at radius 3 is 1.52 bits per heavy atom. The maximum atomic E-state index is 12.4. The van der Waals surface area contributed by atoms with Crippen LogP contribution in [0.25, 0.3) is 0 Å². The van der Waals surface area contributed by atoms with Gasteiger partial charge in [0.05, 0.1) is 0 Å². The van der Waals surface area contributed by atoms with Crippen molar-refractivity contribution >= 4 is 23.3 Å². The second-order valence-corrected chi connectivity index (χ2v) is 6.15. The number of hydrogen-bond acceptors (Lipinski definition) is 5. The Labute approximate surface area is 143 Å². The Hall–Kier alpha value is -3.06. The molecule has 7 nitrogen and oxygen atoms in total. The van der Waals surface area contributed by atoms with Crippen LogP contribution in [0.4, 0.5) is 11.4 Å². The normalized spacial score (nSPS) is 26.6. The number of anilines is 2. The molecule has 2 unspecified atom stereocenters. The van der Waals surface area contributed by atoms with Crippen LogP contribution in [0.5, 0.6) is 0 Å². The van der Waals surface area contributed by atoms with Crippen molar-refractivity contribution < 1.29 is 24.5 Å². The Balaban J connectivity index is 2.18. The average Bonchev–Trinajstić information content (AvgIpc) is 2.61. The van der Waals surface area contributed by atoms with Gasteiger partial charge in [0, 0.05) is 36.6 Å². The highest BCUT2D eigenvalue weighted by atomic mass is 16.6. The van der Waals surface area contributed by atoms with Crippen LogP contribution in [0.3, 0.4) is 0 Å². The Bertz CT molecular complexity index is 840. The molecule has 0 amide bonds. The molecule has 2 aromatic rings. The number of carboxylic acids is 2. The van der Waals surface area contributed by atoms with Crippen LogP contribution in [0.1, 0.15) is 11.1 Å². The molecule has 0 spiro atoms. The van der Waals surface area contributed by atoms with Gasteiger partial charge in [-0.15, -0.1) is 0 Å². The lowest BCUT2D eigenvalue weighted by Crippen LogP contribution is -2.69. The number of benzene rings is 2. The number of carbonyl (C=O) groups is 2. The number of ether oxygens (including phenoxy) is 1. The zero-order chi connectivity index (χ0) is 18.0. The minimum atomic E-state index is -1.93. The van der Waals surface area contributed by atoms with Crippen molar-refractivity contribution in [3.05, 3.63) is 59.7 Å². The number of likely N-dealkylation sites (N-methyl/N-ethyl adjacent to an activating group) is 2. The first-order chi connectivity index (χ1) is 11.9. The minimum absolute atomic E-state index is 0.388. The van der Waals surface area contributed by atoms with E-state index in [0.29, 0.717) is 22.5 Å². The molecule has 4 rings (SSSR count). The highest BCUT2D eigenvalue weighted by molar-refractivity contribution is 5.95. The number of para-hydroxylation sites is 2. The van der Waals surface area contributed by atoms with Gasteiger partial charge in [0.25, 0.3) is 11.4 Å². The van der Waals surface area contributed by atoms with E-state index < -0.39 is 23.4 Å². The molecule has 2 heterocycles. The van der Waals surface area contributed by atoms with Crippen molar-refractivity contribution in [3.8, 4) is 0 Å². The molecule has 2 N–H and O–H groups in total. The molecular formula is C18H16N2O5. The van der Waals surface area contributed by atoms with Crippen LogP contribution in [0.15, 0.2) is 48.5 Å². The predicted octanol–water partition coefficient (Wildman–Crippen LogP) is 1.78. The van der Waals surface area contributed by atoms with E-state index >= 15 is 0 Å². The van der Waals surface area contributed by atoms with Gasteiger partial charge in [-0.3, -0.25) is 0 Å². The van der Waals surface area contributed by atoms with Gasteiger partial charge < -0.3 is 24.7 Å². The molecule has 0 saturated heterocycles. The molecule has 7 heteroatoms. The van der Waals surface area contributed by atoms with E-state index in [-0.39, 0.29) is 0 Å². The first kappa shape index (κ1) is 15.5. The van der Waals surface area contributed by atoms with Gasteiger partial charge in [0.15, 0.2) is 0 Å². The zero-order valence-electron chi connectivity index (χ0n) is 13.6. The quantitative estimate of drug-likeness (QED) is 0.861. The summed E-state index contributed by atoms with van der Waals surface area (Å²) in [7, 11) is 3.20. The van der Waals surface area contributed by atoms with Crippen molar-refractivity contribution in [3.63, 3.8) is 0 Å². The van der Waals surface area contributed by atoms with Crippen LogP contribution < -0.4 is 9.80 Å². The summed E-state index contributed by atoms with van der Waals surface area (Å²) in [6, 6.07) is 13.6. The summed E-state index contributed by atoms with van der Waals surface area (Å²) in [6.45, 7) is 0. The monoisotopic (exact) mass is 340 g/mol. The summed E-state index contributed by atoms with van der Waals surface area (Å²) < 4.78 is 5.95. The van der Waals surface area contributed by atoms with E-state index in [1.165, 1.54) is 9.80 Å². The van der Waals surface area contributed by atoms with E-state index in [1.54, 1.807) is 62.6 Å². The van der Waals surface area contributed by atoms with E-state index in [9.17, 15) is 19.8 Å². The van der Waals surface area contributed by atoms with E-state index in [4.69, 9.17) is 4.74 Å². The minimum Gasteiger partial charge on any atom is -0.477 e. The molecule has 0 radical (unpaired) electrons. The highest BCUT2D eigenvalue weighted by Gasteiger charge is 2.66. The number of carboxylic acid groups (broad SMARTS) is 2. The van der Waals surface area contributed by atoms with E-state index in [2.05, 4.69) is 0 Å². The summed E-state index contributed by atoms with van der Waals surface area (Å²) in [4.78, 5) is 27.7. The Morgan fingerprint density at radius 1 is 0.800 bits per heavy atom. The fourth-order valence-electron chi connectivity index (χ4n) is 3.87. The van der Waals surface area contributed by atoms with Crippen molar-refractivity contribution in [2.45, 2.75) is 11.4 Å². The highest BCUT2D eigenvalue weighted by Crippen LogP contribution is 2.56. The van der Waals surface area contributed by atoms with Gasteiger partial charge in [-0.05, 0) is 12.1 Å². The van der Waals surface area contributed by atoms with Crippen LogP contribution in [-0.4, -0.2) is 36.2 Å². The van der Waals surface area contributed by atoms with Gasteiger partial charge in [0.1, 0.15) is 0 Å². The molecular weight excluding hydrogens is 324 g/mol. The Kier molecular flexibility index (Phi) is 2.93. The lowest BCUT2D eigenvalue weighted by atomic mass is 9.85. The summed E-state index contributed by atoms with van der Waals surface area (Å²) in [6.07, 6.45) is 0. The maximum Gasteiger partial charge on any atom is 0.362 e. The van der Waals surface area contributed by atoms with Crippen molar-refractivity contribution in [2.75, 3.05) is 23.9 Å². The lowest BCUT2D eigenvalue weighted by Gasteiger charge is -2.57. The first-order valence-electron chi connectivity index (χ1n) is 7.71. The van der Waals surface area contributed by atoms with Gasteiger partial charge >= 0.3 is 11.9 Å². The number of aliphatic carboxylic acids is 2. The molecule has 2 aromatic carbocycles.